The monoisotopic (exact) mass is 413 g/mol. The Morgan fingerprint density at radius 2 is 1.69 bits per heavy atom. The zero-order valence-electron chi connectivity index (χ0n) is 15.8. The van der Waals surface area contributed by atoms with Crippen LogP contribution in [0.3, 0.4) is 0 Å². The summed E-state index contributed by atoms with van der Waals surface area (Å²) >= 11 is 0. The number of nitrogens with one attached hydrogen (secondary N) is 1. The number of esters is 1. The van der Waals surface area contributed by atoms with Gasteiger partial charge in [0.05, 0.1) is 10.5 Å². The summed E-state index contributed by atoms with van der Waals surface area (Å²) in [6.07, 6.45) is 1.09. The van der Waals surface area contributed by atoms with Crippen LogP contribution in [0.1, 0.15) is 21.7 Å². The molecule has 0 aliphatic carbocycles. The first-order chi connectivity index (χ1) is 13.7. The molecule has 0 saturated carbocycles. The van der Waals surface area contributed by atoms with Gasteiger partial charge in [-0.15, -0.1) is 0 Å². The fourth-order valence-electron chi connectivity index (χ4n) is 2.38. The van der Waals surface area contributed by atoms with Gasteiger partial charge in [-0.25, -0.2) is 13.2 Å². The second kappa shape index (κ2) is 8.23. The molecule has 0 spiro atoms. The van der Waals surface area contributed by atoms with Crippen LogP contribution < -0.4 is 11.1 Å². The normalized spacial score (nSPS) is 11.1. The standard InChI is InChI=1S/C19H19N5O4S/c1-12-3-7-14(8-4-12)21-19-23-16(22-18(20)24-19)11-28-17(25)13-5-9-15(10-6-13)29(2,26)27/h3-10H,11H2,1-2H3,(H3,20,21,22,23,24). The van der Waals surface area contributed by atoms with Crippen LogP contribution in [-0.2, 0) is 21.2 Å². The number of carbonyl (C=O) groups is 1. The number of benzene rings is 2. The number of hydrogen-bond donors (Lipinski definition) is 2. The van der Waals surface area contributed by atoms with Crippen molar-refractivity contribution in [2.45, 2.75) is 18.4 Å². The highest BCUT2D eigenvalue weighted by molar-refractivity contribution is 7.90. The lowest BCUT2D eigenvalue weighted by atomic mass is 10.2. The molecule has 0 saturated heterocycles. The van der Waals surface area contributed by atoms with Gasteiger partial charge in [-0.3, -0.25) is 0 Å². The van der Waals surface area contributed by atoms with E-state index in [1.165, 1.54) is 24.3 Å². The Morgan fingerprint density at radius 1 is 1.03 bits per heavy atom. The molecular formula is C19H19N5O4S. The van der Waals surface area contributed by atoms with E-state index >= 15 is 0 Å². The Hall–Kier alpha value is -3.53. The Balaban J connectivity index is 1.67. The summed E-state index contributed by atoms with van der Waals surface area (Å²) in [5.74, 6) is -0.256. The molecule has 0 bridgehead atoms. The van der Waals surface area contributed by atoms with E-state index in [9.17, 15) is 13.2 Å². The molecule has 29 heavy (non-hydrogen) atoms. The van der Waals surface area contributed by atoms with E-state index in [0.717, 1.165) is 17.5 Å². The van der Waals surface area contributed by atoms with E-state index in [4.69, 9.17) is 10.5 Å². The number of nitrogens with two attached hydrogens (primary N) is 1. The van der Waals surface area contributed by atoms with Crippen LogP contribution in [0, 0.1) is 6.92 Å². The van der Waals surface area contributed by atoms with Gasteiger partial charge in [0.15, 0.2) is 22.3 Å². The number of nitrogen functional groups attached to an aromatic ring is 1. The third-order valence-corrected chi connectivity index (χ3v) is 4.99. The van der Waals surface area contributed by atoms with Crippen LogP contribution in [0.4, 0.5) is 17.6 Å². The quantitative estimate of drug-likeness (QED) is 0.583. The maximum atomic E-state index is 12.2. The molecule has 1 aromatic heterocycles. The third-order valence-electron chi connectivity index (χ3n) is 3.86. The lowest BCUT2D eigenvalue weighted by Gasteiger charge is -2.08. The Labute approximate surface area is 167 Å². The summed E-state index contributed by atoms with van der Waals surface area (Å²) in [6.45, 7) is 1.76. The number of rotatable bonds is 6. The molecule has 3 rings (SSSR count). The molecule has 10 heteroatoms. The lowest BCUT2D eigenvalue weighted by molar-refractivity contribution is 0.0462. The third kappa shape index (κ3) is 5.48. The fourth-order valence-corrected chi connectivity index (χ4v) is 3.01. The summed E-state index contributed by atoms with van der Waals surface area (Å²) in [7, 11) is -3.34. The van der Waals surface area contributed by atoms with E-state index in [2.05, 4.69) is 20.3 Å². The number of aromatic nitrogens is 3. The van der Waals surface area contributed by atoms with Crippen LogP contribution in [0.5, 0.6) is 0 Å². The second-order valence-corrected chi connectivity index (χ2v) is 8.31. The highest BCUT2D eigenvalue weighted by Gasteiger charge is 2.13. The van der Waals surface area contributed by atoms with E-state index in [1.807, 2.05) is 31.2 Å². The molecule has 3 N–H and O–H groups in total. The minimum absolute atomic E-state index is 0.0156. The molecule has 2 aromatic carbocycles. The Morgan fingerprint density at radius 3 is 2.31 bits per heavy atom. The highest BCUT2D eigenvalue weighted by Crippen LogP contribution is 2.15. The van der Waals surface area contributed by atoms with Crippen molar-refractivity contribution in [3.8, 4) is 0 Å². The zero-order valence-corrected chi connectivity index (χ0v) is 16.6. The molecule has 0 atom stereocenters. The van der Waals surface area contributed by atoms with Crippen LogP contribution in [-0.4, -0.2) is 35.6 Å². The Bertz CT molecular complexity index is 1130. The van der Waals surface area contributed by atoms with Crippen molar-refractivity contribution in [1.82, 2.24) is 15.0 Å². The van der Waals surface area contributed by atoms with Crippen molar-refractivity contribution in [1.29, 1.82) is 0 Å². The van der Waals surface area contributed by atoms with Crippen molar-refractivity contribution >= 4 is 33.4 Å². The minimum atomic E-state index is -3.34. The molecule has 3 aromatic rings. The van der Waals surface area contributed by atoms with Crippen molar-refractivity contribution in [2.75, 3.05) is 17.3 Å². The van der Waals surface area contributed by atoms with Gasteiger partial charge in [0, 0.05) is 11.9 Å². The first-order valence-corrected chi connectivity index (χ1v) is 10.4. The Kier molecular flexibility index (Phi) is 5.74. The van der Waals surface area contributed by atoms with Gasteiger partial charge in [0.1, 0.15) is 0 Å². The van der Waals surface area contributed by atoms with Crippen molar-refractivity contribution in [3.05, 3.63) is 65.5 Å². The SMILES string of the molecule is Cc1ccc(Nc2nc(N)nc(COC(=O)c3ccc(S(C)(=O)=O)cc3)n2)cc1. The number of aryl methyl sites for hydroxylation is 1. The molecule has 1 heterocycles. The van der Waals surface area contributed by atoms with Crippen LogP contribution in [0.25, 0.3) is 0 Å². The molecule has 0 unspecified atom stereocenters. The second-order valence-electron chi connectivity index (χ2n) is 6.30. The number of anilines is 3. The van der Waals surface area contributed by atoms with Crippen LogP contribution in [0.15, 0.2) is 53.4 Å². The number of nitrogens with zero attached hydrogens (tertiary/aromatic N) is 3. The van der Waals surface area contributed by atoms with Gasteiger partial charge in [-0.1, -0.05) is 17.7 Å². The van der Waals surface area contributed by atoms with Gasteiger partial charge >= 0.3 is 5.97 Å². The molecule has 0 aliphatic heterocycles. The molecule has 150 valence electrons. The van der Waals surface area contributed by atoms with Crippen molar-refractivity contribution in [2.24, 2.45) is 0 Å². The first kappa shape index (κ1) is 20.2. The molecule has 0 radical (unpaired) electrons. The van der Waals surface area contributed by atoms with Crippen molar-refractivity contribution in [3.63, 3.8) is 0 Å². The van der Waals surface area contributed by atoms with E-state index < -0.39 is 15.8 Å². The fraction of sp³-hybridized carbons (Fsp3) is 0.158. The maximum Gasteiger partial charge on any atom is 0.338 e. The zero-order chi connectivity index (χ0) is 21.0. The number of carbonyl (C=O) groups excluding carboxylic acids is 1. The summed E-state index contributed by atoms with van der Waals surface area (Å²) in [5, 5.41) is 3.01. The van der Waals surface area contributed by atoms with Gasteiger partial charge in [0.2, 0.25) is 11.9 Å². The van der Waals surface area contributed by atoms with Gasteiger partial charge in [0.25, 0.3) is 0 Å². The minimum Gasteiger partial charge on any atom is -0.454 e. The van der Waals surface area contributed by atoms with Gasteiger partial charge < -0.3 is 15.8 Å². The highest BCUT2D eigenvalue weighted by atomic mass is 32.2. The lowest BCUT2D eigenvalue weighted by Crippen LogP contribution is -2.11. The van der Waals surface area contributed by atoms with Gasteiger partial charge in [-0.2, -0.15) is 15.0 Å². The van der Waals surface area contributed by atoms with E-state index in [0.29, 0.717) is 0 Å². The van der Waals surface area contributed by atoms with Crippen LogP contribution in [0.2, 0.25) is 0 Å². The molecule has 0 amide bonds. The van der Waals surface area contributed by atoms with E-state index in [-0.39, 0.29) is 34.8 Å². The summed E-state index contributed by atoms with van der Waals surface area (Å²) in [6, 6.07) is 13.1. The van der Waals surface area contributed by atoms with Crippen LogP contribution >= 0.6 is 0 Å². The largest absolute Gasteiger partial charge is 0.454 e. The molecule has 9 nitrogen and oxygen atoms in total. The molecule has 0 fully saturated rings. The average Bonchev–Trinajstić information content (AvgIpc) is 2.67. The summed E-state index contributed by atoms with van der Waals surface area (Å²) < 4.78 is 28.2. The topological polar surface area (TPSA) is 137 Å². The predicted octanol–water partition coefficient (Wildman–Crippen LogP) is 2.27. The van der Waals surface area contributed by atoms with Crippen molar-refractivity contribution < 1.29 is 17.9 Å². The maximum absolute atomic E-state index is 12.2. The molecule has 0 aliphatic rings. The predicted molar refractivity (Wildman–Crippen MR) is 107 cm³/mol. The first-order valence-electron chi connectivity index (χ1n) is 8.52. The van der Waals surface area contributed by atoms with E-state index in [1.54, 1.807) is 0 Å². The number of sulfone groups is 1. The number of hydrogen-bond acceptors (Lipinski definition) is 9. The van der Waals surface area contributed by atoms with Gasteiger partial charge in [-0.05, 0) is 43.3 Å². The summed E-state index contributed by atoms with van der Waals surface area (Å²) in [5.41, 5.74) is 7.81. The number of ether oxygens (including phenoxy) is 1. The summed E-state index contributed by atoms with van der Waals surface area (Å²) in [4.78, 5) is 24.5. The smallest absolute Gasteiger partial charge is 0.338 e. The average molecular weight is 413 g/mol. The molecular weight excluding hydrogens is 394 g/mol.